The van der Waals surface area contributed by atoms with Crippen molar-refractivity contribution < 1.29 is 18.8 Å². The lowest BCUT2D eigenvalue weighted by Gasteiger charge is -2.43. The molecule has 2 aromatic heterocycles. The van der Waals surface area contributed by atoms with Crippen LogP contribution in [-0.4, -0.2) is 81.8 Å². The summed E-state index contributed by atoms with van der Waals surface area (Å²) in [4.78, 5) is 53.3. The fourth-order valence-corrected chi connectivity index (χ4v) is 7.45. The highest BCUT2D eigenvalue weighted by molar-refractivity contribution is 7.13. The Bertz CT molecular complexity index is 1500. The minimum absolute atomic E-state index is 0. The van der Waals surface area contributed by atoms with E-state index in [0.29, 0.717) is 35.1 Å². The van der Waals surface area contributed by atoms with Crippen LogP contribution in [0, 0.1) is 5.92 Å². The zero-order valence-corrected chi connectivity index (χ0v) is 25.0. The van der Waals surface area contributed by atoms with Crippen LogP contribution in [0.5, 0.6) is 0 Å². The molecule has 0 bridgehead atoms. The lowest BCUT2D eigenvalue weighted by atomic mass is 9.70. The average molecular weight is 624 g/mol. The van der Waals surface area contributed by atoms with Gasteiger partial charge >= 0.3 is 0 Å². The van der Waals surface area contributed by atoms with Gasteiger partial charge in [0.2, 0.25) is 11.7 Å². The summed E-state index contributed by atoms with van der Waals surface area (Å²) in [6, 6.07) is 6.18. The molecule has 3 aliphatic rings. The Kier molecular flexibility index (Phi) is 8.46. The number of amides is 2. The summed E-state index contributed by atoms with van der Waals surface area (Å²) in [5.74, 6) is -1.38. The number of nitrogens with two attached hydrogens (primary N) is 1. The zero-order valence-electron chi connectivity index (χ0n) is 22.6. The second kappa shape index (κ2) is 11.6. The number of benzene rings is 1. The molecule has 0 spiro atoms. The smallest absolute Gasteiger partial charge is 0.280 e. The van der Waals surface area contributed by atoms with E-state index < -0.39 is 29.6 Å². The first-order valence-corrected chi connectivity index (χ1v) is 14.8. The van der Waals surface area contributed by atoms with Gasteiger partial charge in [-0.15, -0.1) is 23.7 Å². The molecular weight excluding hydrogens is 590 g/mol. The molecule has 2 fully saturated rings. The maximum absolute atomic E-state index is 14.0. The number of halogens is 3. The molecule has 1 aromatic carbocycles. The molecule has 6 rings (SSSR count). The van der Waals surface area contributed by atoms with E-state index in [1.807, 2.05) is 7.05 Å². The molecule has 1 saturated carbocycles. The highest BCUT2D eigenvalue weighted by Crippen LogP contribution is 2.36. The number of fused-ring (bicyclic) bond motifs is 2. The van der Waals surface area contributed by atoms with Crippen molar-refractivity contribution in [1.82, 2.24) is 25.1 Å². The van der Waals surface area contributed by atoms with Crippen LogP contribution in [0.25, 0.3) is 10.9 Å². The van der Waals surface area contributed by atoms with E-state index >= 15 is 0 Å². The van der Waals surface area contributed by atoms with Crippen LogP contribution in [0.2, 0.25) is 5.02 Å². The molecular formula is C28H33Cl2FN6O3S. The minimum Gasteiger partial charge on any atom is -0.352 e. The van der Waals surface area contributed by atoms with Gasteiger partial charge in [0.25, 0.3) is 5.91 Å². The van der Waals surface area contributed by atoms with Crippen molar-refractivity contribution in [2.75, 3.05) is 26.7 Å². The normalized spacial score (nSPS) is 26.4. The van der Waals surface area contributed by atoms with E-state index in [0.717, 1.165) is 41.0 Å². The molecule has 1 aliphatic carbocycles. The Morgan fingerprint density at radius 1 is 1.24 bits per heavy atom. The SMILES string of the molecule is CN1CCc2nc(C(=O)NC3CC(C(=O)N4CC[C@H](F)C4)CCC3(N)C(=O)c3cc4cc(Cl)ccc4[nH]3)sc2C1.Cl. The molecule has 3 aromatic rings. The number of carbonyl (C=O) groups is 3. The number of H-pyrrole nitrogens is 1. The highest BCUT2D eigenvalue weighted by atomic mass is 35.5. The molecule has 2 aliphatic heterocycles. The molecule has 1 saturated heterocycles. The fourth-order valence-electron chi connectivity index (χ4n) is 6.18. The summed E-state index contributed by atoms with van der Waals surface area (Å²) in [5, 5.41) is 4.64. The quantitative estimate of drug-likeness (QED) is 0.372. The van der Waals surface area contributed by atoms with Gasteiger partial charge in [0.15, 0.2) is 5.01 Å². The van der Waals surface area contributed by atoms with Crippen LogP contribution >= 0.6 is 35.3 Å². The Morgan fingerprint density at radius 2 is 2.05 bits per heavy atom. The van der Waals surface area contributed by atoms with Crippen molar-refractivity contribution >= 4 is 63.8 Å². The average Bonchev–Trinajstić information content (AvgIpc) is 3.66. The van der Waals surface area contributed by atoms with Crippen molar-refractivity contribution in [1.29, 1.82) is 0 Å². The van der Waals surface area contributed by atoms with Crippen LogP contribution in [0.3, 0.4) is 0 Å². The predicted molar refractivity (Wildman–Crippen MR) is 159 cm³/mol. The monoisotopic (exact) mass is 622 g/mol. The van der Waals surface area contributed by atoms with Crippen molar-refractivity contribution in [2.45, 2.75) is 56.4 Å². The minimum atomic E-state index is -1.46. The highest BCUT2D eigenvalue weighted by Gasteiger charge is 2.50. The van der Waals surface area contributed by atoms with E-state index in [4.69, 9.17) is 17.3 Å². The van der Waals surface area contributed by atoms with Crippen LogP contribution in [0.15, 0.2) is 24.3 Å². The number of Topliss-reactive ketones (excluding diaryl/α,β-unsaturated/α-hetero) is 1. The van der Waals surface area contributed by atoms with Gasteiger partial charge in [-0.3, -0.25) is 14.4 Å². The summed E-state index contributed by atoms with van der Waals surface area (Å²) in [7, 11) is 2.03. The topological polar surface area (TPSA) is 124 Å². The van der Waals surface area contributed by atoms with Gasteiger partial charge in [0.05, 0.1) is 24.0 Å². The van der Waals surface area contributed by atoms with Crippen molar-refractivity contribution in [3.8, 4) is 0 Å². The molecule has 3 unspecified atom stereocenters. The third-order valence-electron chi connectivity index (χ3n) is 8.51. The van der Waals surface area contributed by atoms with Gasteiger partial charge in [0.1, 0.15) is 11.7 Å². The number of likely N-dealkylation sites (tertiary alicyclic amines) is 1. The van der Waals surface area contributed by atoms with Crippen LogP contribution in [-0.2, 0) is 17.8 Å². The van der Waals surface area contributed by atoms with Gasteiger partial charge < -0.3 is 25.8 Å². The van der Waals surface area contributed by atoms with Crippen LogP contribution < -0.4 is 11.1 Å². The maximum Gasteiger partial charge on any atom is 0.280 e. The second-order valence-electron chi connectivity index (χ2n) is 11.3. The molecule has 9 nitrogen and oxygen atoms in total. The van der Waals surface area contributed by atoms with Gasteiger partial charge in [0, 0.05) is 52.8 Å². The molecule has 220 valence electrons. The second-order valence-corrected chi connectivity index (χ2v) is 12.8. The van der Waals surface area contributed by atoms with E-state index in [2.05, 4.69) is 20.2 Å². The van der Waals surface area contributed by atoms with Crippen LogP contribution in [0.4, 0.5) is 4.39 Å². The van der Waals surface area contributed by atoms with Gasteiger partial charge in [-0.25, -0.2) is 9.37 Å². The van der Waals surface area contributed by atoms with E-state index in [1.54, 1.807) is 29.2 Å². The molecule has 0 radical (unpaired) electrons. The summed E-state index contributed by atoms with van der Waals surface area (Å²) in [6.07, 6.45) is 0.806. The molecule has 2 amide bonds. The van der Waals surface area contributed by atoms with E-state index in [9.17, 15) is 18.8 Å². The Morgan fingerprint density at radius 3 is 2.80 bits per heavy atom. The summed E-state index contributed by atoms with van der Waals surface area (Å²) in [6.45, 7) is 2.05. The Labute approximate surface area is 252 Å². The number of nitrogens with one attached hydrogen (secondary N) is 2. The lowest BCUT2D eigenvalue weighted by Crippen LogP contribution is -2.66. The fraction of sp³-hybridized carbons (Fsp3) is 0.500. The number of hydrogen-bond donors (Lipinski definition) is 3. The first-order valence-electron chi connectivity index (χ1n) is 13.6. The van der Waals surface area contributed by atoms with Crippen molar-refractivity contribution in [3.63, 3.8) is 0 Å². The number of nitrogens with zero attached hydrogens (tertiary/aromatic N) is 3. The van der Waals surface area contributed by atoms with E-state index in [-0.39, 0.29) is 43.5 Å². The summed E-state index contributed by atoms with van der Waals surface area (Å²) >= 11 is 7.49. The first kappa shape index (κ1) is 29.9. The number of carbonyl (C=O) groups excluding carboxylic acids is 3. The number of thiazole rings is 1. The molecule has 4 heterocycles. The third kappa shape index (κ3) is 5.75. The standard InChI is InChI=1S/C28H32ClFN6O3S.ClH/c1-35-8-6-20-22(14-35)40-26(33-20)25(38)34-23-12-15(27(39)36-9-5-18(30)13-36)4-7-28(23,31)24(37)21-11-16-10-17(29)2-3-19(16)32-21;/h2-3,10-11,15,18,23,32H,4-9,12-14,31H2,1H3,(H,34,38);1H/t15?,18-,23?,28?;/m0./s1. The zero-order chi connectivity index (χ0) is 28.2. The number of likely N-dealkylation sites (N-methyl/N-ethyl adjacent to an activating group) is 1. The third-order valence-corrected chi connectivity index (χ3v) is 9.83. The maximum atomic E-state index is 14.0. The number of alkyl halides is 1. The van der Waals surface area contributed by atoms with Gasteiger partial charge in [-0.1, -0.05) is 11.6 Å². The molecule has 41 heavy (non-hydrogen) atoms. The lowest BCUT2D eigenvalue weighted by molar-refractivity contribution is -0.136. The number of aromatic amines is 1. The predicted octanol–water partition coefficient (Wildman–Crippen LogP) is 3.74. The Hall–Kier alpha value is -2.57. The number of rotatable bonds is 5. The first-order chi connectivity index (χ1) is 19.1. The van der Waals surface area contributed by atoms with Crippen molar-refractivity contribution in [2.24, 2.45) is 11.7 Å². The van der Waals surface area contributed by atoms with Crippen molar-refractivity contribution in [3.05, 3.63) is 50.6 Å². The number of hydrogen-bond acceptors (Lipinski definition) is 7. The Balaban J connectivity index is 0.00000337. The van der Waals surface area contributed by atoms with E-state index in [1.165, 1.54) is 11.3 Å². The largest absolute Gasteiger partial charge is 0.352 e. The summed E-state index contributed by atoms with van der Waals surface area (Å²) in [5.41, 5.74) is 7.42. The van der Waals surface area contributed by atoms with Gasteiger partial charge in [-0.05, 0) is 57.0 Å². The number of ketones is 1. The molecule has 13 heteroatoms. The van der Waals surface area contributed by atoms with Crippen LogP contribution in [0.1, 0.15) is 56.5 Å². The molecule has 4 atom stereocenters. The number of aromatic nitrogens is 2. The molecule has 4 N–H and O–H groups in total. The summed E-state index contributed by atoms with van der Waals surface area (Å²) < 4.78 is 13.9. The van der Waals surface area contributed by atoms with Gasteiger partial charge in [-0.2, -0.15) is 0 Å².